The summed E-state index contributed by atoms with van der Waals surface area (Å²) in [5.74, 6) is -0.214. The van der Waals surface area contributed by atoms with Crippen molar-refractivity contribution in [2.45, 2.75) is 25.3 Å². The third kappa shape index (κ3) is 2.57. The summed E-state index contributed by atoms with van der Waals surface area (Å²) >= 11 is 6.17. The van der Waals surface area contributed by atoms with E-state index in [4.69, 9.17) is 11.6 Å². The van der Waals surface area contributed by atoms with Crippen LogP contribution in [0, 0.1) is 11.3 Å². The Morgan fingerprint density at radius 2 is 2.19 bits per heavy atom. The Kier molecular flexibility index (Phi) is 3.76. The smallest absolute Gasteiger partial charge is 0.273 e. The molecule has 2 aromatic rings. The lowest BCUT2D eigenvalue weighted by Crippen LogP contribution is -2.43. The molecular formula is C16H14ClN3O. The summed E-state index contributed by atoms with van der Waals surface area (Å²) in [5, 5.41) is 11.2. The van der Waals surface area contributed by atoms with Gasteiger partial charge in [0.2, 0.25) is 0 Å². The minimum atomic E-state index is -0.363. The topological polar surface area (TPSA) is 57.0 Å². The minimum Gasteiger partial charge on any atom is -0.321 e. The summed E-state index contributed by atoms with van der Waals surface area (Å²) in [5.41, 5.74) is 0.306. The molecule has 106 valence electrons. The number of hydrogen-bond donors (Lipinski definition) is 0. The van der Waals surface area contributed by atoms with E-state index in [2.05, 4.69) is 11.1 Å². The van der Waals surface area contributed by atoms with Crippen LogP contribution in [0.4, 0.5) is 0 Å². The lowest BCUT2D eigenvalue weighted by Gasteiger charge is -2.31. The van der Waals surface area contributed by atoms with Gasteiger partial charge in [-0.05, 0) is 30.7 Å². The first-order valence-corrected chi connectivity index (χ1v) is 7.34. The second kappa shape index (κ2) is 5.71. The molecule has 0 N–H and O–H groups in total. The van der Waals surface area contributed by atoms with Crippen LogP contribution >= 0.6 is 11.6 Å². The average Bonchev–Trinajstić information content (AvgIpc) is 2.54. The zero-order chi connectivity index (χ0) is 14.8. The van der Waals surface area contributed by atoms with Gasteiger partial charge in [0.1, 0.15) is 16.9 Å². The highest BCUT2D eigenvalue weighted by Crippen LogP contribution is 2.24. The first kappa shape index (κ1) is 13.8. The third-order valence-electron chi connectivity index (χ3n) is 3.83. The maximum absolute atomic E-state index is 12.6. The highest BCUT2D eigenvalue weighted by atomic mass is 35.5. The summed E-state index contributed by atoms with van der Waals surface area (Å²) in [6.07, 6.45) is 2.63. The van der Waals surface area contributed by atoms with Gasteiger partial charge in [0.15, 0.2) is 0 Å². The van der Waals surface area contributed by atoms with Crippen LogP contribution in [0.3, 0.4) is 0 Å². The number of aromatic nitrogens is 1. The van der Waals surface area contributed by atoms with Crippen molar-refractivity contribution in [2.75, 3.05) is 6.54 Å². The van der Waals surface area contributed by atoms with Gasteiger partial charge in [-0.25, -0.2) is 4.98 Å². The van der Waals surface area contributed by atoms with E-state index in [-0.39, 0.29) is 11.9 Å². The van der Waals surface area contributed by atoms with Gasteiger partial charge in [0.25, 0.3) is 5.91 Å². The van der Waals surface area contributed by atoms with Crippen LogP contribution in [0.1, 0.15) is 29.8 Å². The molecule has 1 aliphatic rings. The van der Waals surface area contributed by atoms with Crippen molar-refractivity contribution >= 4 is 28.3 Å². The van der Waals surface area contributed by atoms with E-state index >= 15 is 0 Å². The maximum atomic E-state index is 12.6. The number of pyridine rings is 1. The van der Waals surface area contributed by atoms with E-state index in [9.17, 15) is 10.1 Å². The fraction of sp³-hybridized carbons (Fsp3) is 0.312. The van der Waals surface area contributed by atoms with Crippen LogP contribution in [-0.4, -0.2) is 28.4 Å². The molecule has 1 atom stereocenters. The fourth-order valence-electron chi connectivity index (χ4n) is 2.72. The molecule has 21 heavy (non-hydrogen) atoms. The van der Waals surface area contributed by atoms with E-state index in [0.717, 1.165) is 30.0 Å². The van der Waals surface area contributed by atoms with Gasteiger partial charge in [-0.3, -0.25) is 4.79 Å². The largest absolute Gasteiger partial charge is 0.321 e. The molecule has 1 saturated heterocycles. The number of piperidine rings is 1. The van der Waals surface area contributed by atoms with Crippen molar-refractivity contribution in [1.82, 2.24) is 9.88 Å². The molecular weight excluding hydrogens is 286 g/mol. The molecule has 1 aromatic carbocycles. The standard InChI is InChI=1S/C16H14ClN3O/c17-15-13-7-2-1-5-11(13)9-14(19-15)16(21)20-8-4-3-6-12(20)10-18/h1-2,5,7,9,12H,3-4,6,8H2. The van der Waals surface area contributed by atoms with E-state index in [1.807, 2.05) is 24.3 Å². The Hall–Kier alpha value is -2.12. The lowest BCUT2D eigenvalue weighted by molar-refractivity contribution is 0.0665. The van der Waals surface area contributed by atoms with Crippen molar-refractivity contribution in [1.29, 1.82) is 5.26 Å². The number of carbonyl (C=O) groups excluding carboxylic acids is 1. The molecule has 1 amide bonds. The molecule has 0 saturated carbocycles. The van der Waals surface area contributed by atoms with E-state index in [1.54, 1.807) is 11.0 Å². The Bertz CT molecular complexity index is 738. The Labute approximate surface area is 127 Å². The zero-order valence-corrected chi connectivity index (χ0v) is 12.2. The summed E-state index contributed by atoms with van der Waals surface area (Å²) in [6.45, 7) is 0.600. The third-order valence-corrected chi connectivity index (χ3v) is 4.11. The lowest BCUT2D eigenvalue weighted by atomic mass is 10.0. The van der Waals surface area contributed by atoms with Gasteiger partial charge in [-0.2, -0.15) is 5.26 Å². The molecule has 1 aliphatic heterocycles. The predicted octanol–water partition coefficient (Wildman–Crippen LogP) is 3.41. The molecule has 3 rings (SSSR count). The first-order valence-electron chi connectivity index (χ1n) is 6.96. The number of hydrogen-bond acceptors (Lipinski definition) is 3. The molecule has 5 heteroatoms. The molecule has 0 aliphatic carbocycles. The van der Waals surface area contributed by atoms with Gasteiger partial charge in [0.05, 0.1) is 6.07 Å². The van der Waals surface area contributed by atoms with Crippen molar-refractivity contribution in [3.63, 3.8) is 0 Å². The highest BCUT2D eigenvalue weighted by Gasteiger charge is 2.28. The number of amides is 1. The first-order chi connectivity index (χ1) is 10.2. The number of nitrogens with zero attached hydrogens (tertiary/aromatic N) is 3. The van der Waals surface area contributed by atoms with Crippen molar-refractivity contribution < 1.29 is 4.79 Å². The molecule has 1 aromatic heterocycles. The number of halogens is 1. The van der Waals surface area contributed by atoms with Crippen LogP contribution in [0.5, 0.6) is 0 Å². The molecule has 4 nitrogen and oxygen atoms in total. The van der Waals surface area contributed by atoms with Gasteiger partial charge < -0.3 is 4.90 Å². The van der Waals surface area contributed by atoms with Crippen molar-refractivity contribution in [3.8, 4) is 6.07 Å². The zero-order valence-electron chi connectivity index (χ0n) is 11.4. The number of fused-ring (bicyclic) bond motifs is 1. The maximum Gasteiger partial charge on any atom is 0.273 e. The molecule has 2 heterocycles. The molecule has 1 unspecified atom stereocenters. The Balaban J connectivity index is 2.00. The Morgan fingerprint density at radius 3 is 3.00 bits per heavy atom. The summed E-state index contributed by atoms with van der Waals surface area (Å²) < 4.78 is 0. The average molecular weight is 300 g/mol. The molecule has 0 bridgehead atoms. The molecule has 1 fully saturated rings. The number of nitriles is 1. The van der Waals surface area contributed by atoms with Crippen LogP contribution < -0.4 is 0 Å². The molecule has 0 spiro atoms. The van der Waals surface area contributed by atoms with Crippen LogP contribution in [0.2, 0.25) is 5.15 Å². The number of likely N-dealkylation sites (tertiary alicyclic amines) is 1. The van der Waals surface area contributed by atoms with Gasteiger partial charge in [-0.15, -0.1) is 0 Å². The monoisotopic (exact) mass is 299 g/mol. The number of rotatable bonds is 1. The van der Waals surface area contributed by atoms with E-state index in [1.165, 1.54) is 0 Å². The van der Waals surface area contributed by atoms with Crippen molar-refractivity contribution in [2.24, 2.45) is 0 Å². The second-order valence-corrected chi connectivity index (χ2v) is 5.52. The normalized spacial score (nSPS) is 18.5. The van der Waals surface area contributed by atoms with Crippen LogP contribution in [0.25, 0.3) is 10.8 Å². The number of carbonyl (C=O) groups is 1. The summed E-state index contributed by atoms with van der Waals surface area (Å²) in [4.78, 5) is 18.4. The second-order valence-electron chi connectivity index (χ2n) is 5.16. The highest BCUT2D eigenvalue weighted by molar-refractivity contribution is 6.34. The predicted molar refractivity (Wildman–Crippen MR) is 81.0 cm³/mol. The number of benzene rings is 1. The SMILES string of the molecule is N#CC1CCCCN1C(=O)c1cc2ccccc2c(Cl)n1. The van der Waals surface area contributed by atoms with E-state index in [0.29, 0.717) is 17.4 Å². The Morgan fingerprint density at radius 1 is 1.38 bits per heavy atom. The van der Waals surface area contributed by atoms with Crippen molar-refractivity contribution in [3.05, 3.63) is 41.2 Å². The van der Waals surface area contributed by atoms with Crippen LogP contribution in [-0.2, 0) is 0 Å². The molecule has 0 radical (unpaired) electrons. The summed E-state index contributed by atoms with van der Waals surface area (Å²) in [6, 6.07) is 11.1. The van der Waals surface area contributed by atoms with Gasteiger partial charge in [0, 0.05) is 11.9 Å². The minimum absolute atomic E-state index is 0.214. The fourth-order valence-corrected chi connectivity index (χ4v) is 2.98. The summed E-state index contributed by atoms with van der Waals surface area (Å²) in [7, 11) is 0. The van der Waals surface area contributed by atoms with Gasteiger partial charge >= 0.3 is 0 Å². The van der Waals surface area contributed by atoms with E-state index < -0.39 is 0 Å². The van der Waals surface area contributed by atoms with Crippen LogP contribution in [0.15, 0.2) is 30.3 Å². The van der Waals surface area contributed by atoms with Gasteiger partial charge in [-0.1, -0.05) is 35.9 Å². The quantitative estimate of drug-likeness (QED) is 0.758.